The Balaban J connectivity index is 1.64. The maximum absolute atomic E-state index is 13.3. The second-order valence-electron chi connectivity index (χ2n) is 10.1. The highest BCUT2D eigenvalue weighted by molar-refractivity contribution is 5.99. The summed E-state index contributed by atoms with van der Waals surface area (Å²) in [5.41, 5.74) is 1.66. The van der Waals surface area contributed by atoms with Gasteiger partial charge in [0.15, 0.2) is 34.4 Å². The van der Waals surface area contributed by atoms with E-state index in [2.05, 4.69) is 10.3 Å². The minimum Gasteiger partial charge on any atom is -0.493 e. The number of hydrogen-bond donors (Lipinski definition) is 1. The Bertz CT molecular complexity index is 1560. The molecular formula is C33H36N2O10. The molecule has 238 valence electrons. The second kappa shape index (κ2) is 14.5. The van der Waals surface area contributed by atoms with Gasteiger partial charge in [-0.25, -0.2) is 9.78 Å². The number of hydrogen-bond acceptors (Lipinski definition) is 11. The van der Waals surface area contributed by atoms with Crippen LogP contribution in [-0.2, 0) is 14.3 Å². The van der Waals surface area contributed by atoms with Gasteiger partial charge in [0.2, 0.25) is 5.75 Å². The van der Waals surface area contributed by atoms with Crippen LogP contribution in [-0.4, -0.2) is 64.4 Å². The van der Waals surface area contributed by atoms with Crippen molar-refractivity contribution in [3.8, 4) is 34.5 Å². The molecule has 1 amide bonds. The van der Waals surface area contributed by atoms with Crippen molar-refractivity contribution in [1.29, 1.82) is 0 Å². The number of pyridine rings is 1. The maximum Gasteiger partial charge on any atom is 0.333 e. The van der Waals surface area contributed by atoms with Crippen molar-refractivity contribution in [2.24, 2.45) is 5.92 Å². The Labute approximate surface area is 261 Å². The van der Waals surface area contributed by atoms with E-state index < -0.39 is 23.9 Å². The highest BCUT2D eigenvalue weighted by Gasteiger charge is 2.34. The number of ether oxygens (including phenoxy) is 7. The molecular weight excluding hydrogens is 584 g/mol. The molecule has 0 aliphatic heterocycles. The summed E-state index contributed by atoms with van der Waals surface area (Å²) in [5, 5.41) is 2.58. The minimum absolute atomic E-state index is 0.116. The SMILES string of the molecule is COc1ccc(C(=C(C)OC(=O)[C@H](C)NC(=O)c2nccc(OC)c2OC(=O)C2CC2)c2ccc(OC)c(OC)c2)cc1OC. The number of amides is 1. The zero-order valence-electron chi connectivity index (χ0n) is 26.2. The van der Waals surface area contributed by atoms with Gasteiger partial charge in [-0.15, -0.1) is 0 Å². The molecule has 12 nitrogen and oxygen atoms in total. The van der Waals surface area contributed by atoms with Crippen LogP contribution in [0.3, 0.4) is 0 Å². The standard InChI is InChI=1S/C33H36N2O10/c1-18(35-31(36)29-30(25(41-5)14-15-34-29)45-33(38)20-8-9-20)32(37)44-19(2)28(21-10-12-23(39-3)26(16-21)42-6)22-11-13-24(40-4)27(17-22)43-7/h10-18,20H,8-9H2,1-7H3,(H,35,36)/t18-/m0/s1. The summed E-state index contributed by atoms with van der Waals surface area (Å²) in [7, 11) is 7.50. The number of esters is 2. The van der Waals surface area contributed by atoms with Crippen LogP contribution in [0.4, 0.5) is 0 Å². The van der Waals surface area contributed by atoms with Crippen LogP contribution in [0.5, 0.6) is 34.5 Å². The molecule has 12 heteroatoms. The highest BCUT2D eigenvalue weighted by Crippen LogP contribution is 2.38. The van der Waals surface area contributed by atoms with Crippen LogP contribution in [0.25, 0.3) is 5.57 Å². The predicted molar refractivity (Wildman–Crippen MR) is 163 cm³/mol. The van der Waals surface area contributed by atoms with Crippen molar-refractivity contribution in [1.82, 2.24) is 10.3 Å². The largest absolute Gasteiger partial charge is 0.493 e. The lowest BCUT2D eigenvalue weighted by Gasteiger charge is -2.19. The van der Waals surface area contributed by atoms with Crippen LogP contribution in [0, 0.1) is 5.92 Å². The van der Waals surface area contributed by atoms with Gasteiger partial charge < -0.3 is 38.5 Å². The van der Waals surface area contributed by atoms with Crippen molar-refractivity contribution in [3.05, 3.63) is 71.2 Å². The first-order chi connectivity index (χ1) is 21.6. The second-order valence-corrected chi connectivity index (χ2v) is 10.1. The number of allylic oxidation sites excluding steroid dienone is 1. The molecule has 1 aromatic heterocycles. The van der Waals surface area contributed by atoms with Gasteiger partial charge in [-0.1, -0.05) is 12.1 Å². The Hall–Kier alpha value is -5.26. The van der Waals surface area contributed by atoms with E-state index in [9.17, 15) is 14.4 Å². The zero-order valence-corrected chi connectivity index (χ0v) is 26.2. The lowest BCUT2D eigenvalue weighted by molar-refractivity contribution is -0.141. The summed E-state index contributed by atoms with van der Waals surface area (Å²) in [6.07, 6.45) is 2.77. The molecule has 0 saturated heterocycles. The van der Waals surface area contributed by atoms with E-state index in [-0.39, 0.29) is 28.9 Å². The van der Waals surface area contributed by atoms with Gasteiger partial charge in [0.1, 0.15) is 11.8 Å². The van der Waals surface area contributed by atoms with Gasteiger partial charge in [-0.05, 0) is 62.1 Å². The average Bonchev–Trinajstić information content (AvgIpc) is 3.90. The van der Waals surface area contributed by atoms with Crippen molar-refractivity contribution < 1.29 is 47.5 Å². The fourth-order valence-corrected chi connectivity index (χ4v) is 4.53. The normalized spacial score (nSPS) is 12.7. The molecule has 0 radical (unpaired) electrons. The number of carbonyl (C=O) groups is 3. The van der Waals surface area contributed by atoms with E-state index in [0.717, 1.165) is 0 Å². The molecule has 1 N–H and O–H groups in total. The van der Waals surface area contributed by atoms with Gasteiger partial charge >= 0.3 is 11.9 Å². The van der Waals surface area contributed by atoms with Gasteiger partial charge in [0.25, 0.3) is 5.91 Å². The fourth-order valence-electron chi connectivity index (χ4n) is 4.53. The smallest absolute Gasteiger partial charge is 0.333 e. The minimum atomic E-state index is -1.12. The molecule has 1 fully saturated rings. The molecule has 0 unspecified atom stereocenters. The summed E-state index contributed by atoms with van der Waals surface area (Å²) in [6, 6.07) is 10.9. The summed E-state index contributed by atoms with van der Waals surface area (Å²) in [5.74, 6) is 0.0635. The first-order valence-electron chi connectivity index (χ1n) is 14.1. The van der Waals surface area contributed by atoms with Crippen LogP contribution >= 0.6 is 0 Å². The lowest BCUT2D eigenvalue weighted by Crippen LogP contribution is -2.40. The van der Waals surface area contributed by atoms with E-state index in [0.29, 0.717) is 52.5 Å². The highest BCUT2D eigenvalue weighted by atomic mass is 16.6. The summed E-state index contributed by atoms with van der Waals surface area (Å²) < 4.78 is 38.3. The third-order valence-electron chi connectivity index (χ3n) is 7.07. The molecule has 1 atom stereocenters. The number of carbonyl (C=O) groups excluding carboxylic acids is 3. The quantitative estimate of drug-likeness (QED) is 0.212. The molecule has 45 heavy (non-hydrogen) atoms. The van der Waals surface area contributed by atoms with Gasteiger partial charge in [-0.2, -0.15) is 0 Å². The summed E-state index contributed by atoms with van der Waals surface area (Å²) in [4.78, 5) is 43.0. The average molecular weight is 621 g/mol. The van der Waals surface area contributed by atoms with E-state index in [1.165, 1.54) is 54.7 Å². The van der Waals surface area contributed by atoms with Crippen LogP contribution in [0.1, 0.15) is 48.3 Å². The molecule has 2 aromatic carbocycles. The van der Waals surface area contributed by atoms with E-state index >= 15 is 0 Å². The number of methoxy groups -OCH3 is 5. The molecule has 1 saturated carbocycles. The molecule has 1 heterocycles. The van der Waals surface area contributed by atoms with Crippen LogP contribution < -0.4 is 33.7 Å². The van der Waals surface area contributed by atoms with Gasteiger partial charge in [-0.3, -0.25) is 9.59 Å². The Morgan fingerprint density at radius 2 is 1.31 bits per heavy atom. The first-order valence-corrected chi connectivity index (χ1v) is 14.1. The third-order valence-corrected chi connectivity index (χ3v) is 7.07. The zero-order chi connectivity index (χ0) is 32.7. The van der Waals surface area contributed by atoms with Gasteiger partial charge in [0, 0.05) is 17.8 Å². The van der Waals surface area contributed by atoms with Gasteiger partial charge in [0.05, 0.1) is 41.5 Å². The lowest BCUT2D eigenvalue weighted by atomic mass is 9.96. The van der Waals surface area contributed by atoms with E-state index in [1.807, 2.05) is 0 Å². The number of rotatable bonds is 13. The number of benzene rings is 2. The van der Waals surface area contributed by atoms with Crippen molar-refractivity contribution in [3.63, 3.8) is 0 Å². The van der Waals surface area contributed by atoms with Crippen molar-refractivity contribution >= 4 is 23.4 Å². The van der Waals surface area contributed by atoms with E-state index in [4.69, 9.17) is 33.2 Å². The maximum atomic E-state index is 13.3. The van der Waals surface area contributed by atoms with E-state index in [1.54, 1.807) is 43.3 Å². The third kappa shape index (κ3) is 7.46. The predicted octanol–water partition coefficient (Wildman–Crippen LogP) is 4.58. The van der Waals surface area contributed by atoms with Crippen LogP contribution in [0.15, 0.2) is 54.4 Å². The molecule has 1 aliphatic carbocycles. The molecule has 0 bridgehead atoms. The van der Waals surface area contributed by atoms with Crippen molar-refractivity contribution in [2.45, 2.75) is 32.7 Å². The van der Waals surface area contributed by atoms with Crippen molar-refractivity contribution in [2.75, 3.05) is 35.5 Å². The molecule has 3 aromatic rings. The summed E-state index contributed by atoms with van der Waals surface area (Å²) >= 11 is 0. The molecule has 1 aliphatic rings. The Morgan fingerprint density at radius 1 is 0.778 bits per heavy atom. The molecule has 0 spiro atoms. The number of nitrogens with one attached hydrogen (secondary N) is 1. The monoisotopic (exact) mass is 620 g/mol. The number of nitrogens with zero attached hydrogens (tertiary/aromatic N) is 1. The number of aromatic nitrogens is 1. The molecule has 4 rings (SSSR count). The first kappa shape index (κ1) is 32.6. The Morgan fingerprint density at radius 3 is 1.80 bits per heavy atom. The summed E-state index contributed by atoms with van der Waals surface area (Å²) in [6.45, 7) is 3.10. The Kier molecular flexibility index (Phi) is 10.5. The topological polar surface area (TPSA) is 141 Å². The fraction of sp³-hybridized carbons (Fsp3) is 0.333. The van der Waals surface area contributed by atoms with Crippen LogP contribution in [0.2, 0.25) is 0 Å².